The van der Waals surface area contributed by atoms with E-state index in [9.17, 15) is 4.79 Å². The highest BCUT2D eigenvalue weighted by atomic mass is 16.5. The Morgan fingerprint density at radius 2 is 2.27 bits per heavy atom. The highest BCUT2D eigenvalue weighted by molar-refractivity contribution is 5.77. The third kappa shape index (κ3) is 3.18. The summed E-state index contributed by atoms with van der Waals surface area (Å²) < 4.78 is 5.44. The van der Waals surface area contributed by atoms with Crippen LogP contribution in [0.2, 0.25) is 0 Å². The molecule has 0 aliphatic carbocycles. The molecule has 1 amide bonds. The van der Waals surface area contributed by atoms with Gasteiger partial charge in [0.2, 0.25) is 5.91 Å². The number of nitrogens with two attached hydrogens (primary N) is 1. The van der Waals surface area contributed by atoms with Gasteiger partial charge in [-0.3, -0.25) is 4.79 Å². The zero-order chi connectivity index (χ0) is 11.5. The van der Waals surface area contributed by atoms with Gasteiger partial charge in [-0.25, -0.2) is 0 Å². The maximum absolute atomic E-state index is 11.9. The molecule has 15 heavy (non-hydrogen) atoms. The molecule has 1 aliphatic rings. The van der Waals surface area contributed by atoms with Crippen LogP contribution in [0.3, 0.4) is 0 Å². The summed E-state index contributed by atoms with van der Waals surface area (Å²) in [5, 5.41) is 0. The van der Waals surface area contributed by atoms with E-state index in [0.717, 1.165) is 19.4 Å². The van der Waals surface area contributed by atoms with Crippen LogP contribution in [0.15, 0.2) is 0 Å². The largest absolute Gasteiger partial charge is 0.378 e. The van der Waals surface area contributed by atoms with Gasteiger partial charge in [-0.2, -0.15) is 0 Å². The first-order valence-corrected chi connectivity index (χ1v) is 5.55. The van der Waals surface area contributed by atoms with Gasteiger partial charge in [0, 0.05) is 25.7 Å². The molecule has 1 unspecified atom stereocenters. The number of ether oxygens (including phenoxy) is 1. The lowest BCUT2D eigenvalue weighted by Crippen LogP contribution is -2.50. The summed E-state index contributed by atoms with van der Waals surface area (Å²) in [6.45, 7) is 5.21. The minimum atomic E-state index is -0.268. The van der Waals surface area contributed by atoms with Crippen molar-refractivity contribution < 1.29 is 9.53 Å². The fourth-order valence-electron chi connectivity index (χ4n) is 1.61. The lowest BCUT2D eigenvalue weighted by Gasteiger charge is -2.35. The predicted molar refractivity (Wildman–Crippen MR) is 59.5 cm³/mol. The van der Waals surface area contributed by atoms with Gasteiger partial charge in [-0.1, -0.05) is 0 Å². The number of hydrogen-bond donors (Lipinski definition) is 1. The van der Waals surface area contributed by atoms with Crippen molar-refractivity contribution in [3.05, 3.63) is 0 Å². The fraction of sp³-hybridized carbons (Fsp3) is 0.909. The van der Waals surface area contributed by atoms with E-state index in [0.29, 0.717) is 13.0 Å². The summed E-state index contributed by atoms with van der Waals surface area (Å²) in [6, 6.07) is 0. The van der Waals surface area contributed by atoms with Gasteiger partial charge in [-0.05, 0) is 26.7 Å². The molecule has 4 heteroatoms. The molecule has 0 bridgehead atoms. The number of rotatable bonds is 4. The van der Waals surface area contributed by atoms with Crippen molar-refractivity contribution in [2.24, 2.45) is 5.73 Å². The normalized spacial score (nSPS) is 21.7. The molecule has 0 aromatic rings. The second-order valence-corrected chi connectivity index (χ2v) is 4.81. The van der Waals surface area contributed by atoms with Crippen LogP contribution < -0.4 is 5.73 Å². The van der Waals surface area contributed by atoms with Crippen LogP contribution in [0.4, 0.5) is 0 Å². The second-order valence-electron chi connectivity index (χ2n) is 4.81. The van der Waals surface area contributed by atoms with Gasteiger partial charge >= 0.3 is 0 Å². The van der Waals surface area contributed by atoms with Gasteiger partial charge in [-0.15, -0.1) is 0 Å². The van der Waals surface area contributed by atoms with Gasteiger partial charge in [0.05, 0.1) is 12.5 Å². The monoisotopic (exact) mass is 214 g/mol. The standard InChI is InChI=1S/C11H22N2O2/c1-11(2,8-12)13(3)10(14)7-9-5-4-6-15-9/h9H,4-8,12H2,1-3H3. The molecule has 88 valence electrons. The van der Waals surface area contributed by atoms with E-state index in [1.807, 2.05) is 20.9 Å². The van der Waals surface area contributed by atoms with Gasteiger partial charge in [0.25, 0.3) is 0 Å². The Morgan fingerprint density at radius 3 is 2.73 bits per heavy atom. The highest BCUT2D eigenvalue weighted by Gasteiger charge is 2.28. The maximum Gasteiger partial charge on any atom is 0.225 e. The third-order valence-corrected chi connectivity index (χ3v) is 3.21. The van der Waals surface area contributed by atoms with Crippen molar-refractivity contribution >= 4 is 5.91 Å². The van der Waals surface area contributed by atoms with E-state index in [2.05, 4.69) is 0 Å². The zero-order valence-corrected chi connectivity index (χ0v) is 9.95. The van der Waals surface area contributed by atoms with E-state index in [-0.39, 0.29) is 17.6 Å². The number of likely N-dealkylation sites (N-methyl/N-ethyl adjacent to an activating group) is 1. The van der Waals surface area contributed by atoms with Crippen molar-refractivity contribution in [1.29, 1.82) is 0 Å². The van der Waals surface area contributed by atoms with Crippen LogP contribution in [0.1, 0.15) is 33.1 Å². The highest BCUT2D eigenvalue weighted by Crippen LogP contribution is 2.18. The summed E-state index contributed by atoms with van der Waals surface area (Å²) in [4.78, 5) is 13.6. The molecular weight excluding hydrogens is 192 g/mol. The minimum absolute atomic E-state index is 0.119. The Kier molecular flexibility index (Phi) is 4.11. The SMILES string of the molecule is CN(C(=O)CC1CCCO1)C(C)(C)CN. The number of amides is 1. The topological polar surface area (TPSA) is 55.6 Å². The van der Waals surface area contributed by atoms with Crippen molar-refractivity contribution in [2.45, 2.75) is 44.8 Å². The Labute approximate surface area is 91.8 Å². The number of carbonyl (C=O) groups excluding carboxylic acids is 1. The molecule has 1 fully saturated rings. The van der Waals surface area contributed by atoms with Crippen LogP contribution in [0.5, 0.6) is 0 Å². The molecule has 1 heterocycles. The molecule has 2 N–H and O–H groups in total. The summed E-state index contributed by atoms with van der Waals surface area (Å²) in [5.41, 5.74) is 5.36. The predicted octanol–water partition coefficient (Wildman–Crippen LogP) is 0.751. The first-order chi connectivity index (χ1) is 6.97. The van der Waals surface area contributed by atoms with Crippen LogP contribution in [-0.4, -0.2) is 42.6 Å². The lowest BCUT2D eigenvalue weighted by atomic mass is 10.0. The Hall–Kier alpha value is -0.610. The van der Waals surface area contributed by atoms with Gasteiger partial charge < -0.3 is 15.4 Å². The van der Waals surface area contributed by atoms with Crippen molar-refractivity contribution in [2.75, 3.05) is 20.2 Å². The number of nitrogens with zero attached hydrogens (tertiary/aromatic N) is 1. The summed E-state index contributed by atoms with van der Waals surface area (Å²) in [6.07, 6.45) is 2.68. The Balaban J connectivity index is 2.45. The van der Waals surface area contributed by atoms with Crippen LogP contribution >= 0.6 is 0 Å². The van der Waals surface area contributed by atoms with E-state index in [4.69, 9.17) is 10.5 Å². The summed E-state index contributed by atoms with van der Waals surface area (Å²) >= 11 is 0. The first-order valence-electron chi connectivity index (χ1n) is 5.55. The smallest absolute Gasteiger partial charge is 0.225 e. The molecule has 1 rings (SSSR count). The number of hydrogen-bond acceptors (Lipinski definition) is 3. The molecule has 1 atom stereocenters. The van der Waals surface area contributed by atoms with Crippen molar-refractivity contribution in [3.8, 4) is 0 Å². The Bertz CT molecular complexity index is 223. The lowest BCUT2D eigenvalue weighted by molar-refractivity contribution is -0.136. The number of carbonyl (C=O) groups is 1. The van der Waals surface area contributed by atoms with E-state index < -0.39 is 0 Å². The summed E-state index contributed by atoms with van der Waals surface area (Å²) in [5.74, 6) is 0.123. The molecule has 0 saturated carbocycles. The average Bonchev–Trinajstić information content (AvgIpc) is 2.69. The fourth-order valence-corrected chi connectivity index (χ4v) is 1.61. The second kappa shape index (κ2) is 4.94. The quantitative estimate of drug-likeness (QED) is 0.751. The molecule has 4 nitrogen and oxygen atoms in total. The molecular formula is C11H22N2O2. The van der Waals surface area contributed by atoms with Crippen LogP contribution in [0.25, 0.3) is 0 Å². The molecule has 0 aromatic heterocycles. The molecule has 1 aliphatic heterocycles. The maximum atomic E-state index is 11.9. The van der Waals surface area contributed by atoms with E-state index in [1.165, 1.54) is 0 Å². The Morgan fingerprint density at radius 1 is 1.60 bits per heavy atom. The van der Waals surface area contributed by atoms with E-state index in [1.54, 1.807) is 4.90 Å². The van der Waals surface area contributed by atoms with Crippen LogP contribution in [0, 0.1) is 0 Å². The van der Waals surface area contributed by atoms with Gasteiger partial charge in [0.15, 0.2) is 0 Å². The molecule has 0 spiro atoms. The summed E-state index contributed by atoms with van der Waals surface area (Å²) in [7, 11) is 1.81. The van der Waals surface area contributed by atoms with Crippen molar-refractivity contribution in [3.63, 3.8) is 0 Å². The first kappa shape index (κ1) is 12.5. The zero-order valence-electron chi connectivity index (χ0n) is 9.95. The third-order valence-electron chi connectivity index (χ3n) is 3.21. The van der Waals surface area contributed by atoms with Crippen molar-refractivity contribution in [1.82, 2.24) is 4.90 Å². The van der Waals surface area contributed by atoms with Crippen LogP contribution in [-0.2, 0) is 9.53 Å². The molecule has 0 aromatic carbocycles. The van der Waals surface area contributed by atoms with E-state index >= 15 is 0 Å². The average molecular weight is 214 g/mol. The molecule has 0 radical (unpaired) electrons. The minimum Gasteiger partial charge on any atom is -0.378 e. The molecule has 1 saturated heterocycles. The van der Waals surface area contributed by atoms with Gasteiger partial charge in [0.1, 0.15) is 0 Å².